The fraction of sp³-hybridized carbons (Fsp3) is 0.0833. The Hall–Kier alpha value is -1.56. The highest BCUT2D eigenvalue weighted by Crippen LogP contribution is 2.11. The van der Waals surface area contributed by atoms with Gasteiger partial charge in [0.25, 0.3) is 5.56 Å². The van der Waals surface area contributed by atoms with Crippen molar-refractivity contribution in [3.63, 3.8) is 0 Å². The Balaban J connectivity index is 0.000000492. The first-order valence-corrected chi connectivity index (χ1v) is 5.55. The summed E-state index contributed by atoms with van der Waals surface area (Å²) in [5.74, 6) is 0. The first-order valence-electron chi connectivity index (χ1n) is 5.17. The number of halogens is 1. The van der Waals surface area contributed by atoms with Crippen LogP contribution in [0.15, 0.2) is 53.5 Å². The van der Waals surface area contributed by atoms with Crippen molar-refractivity contribution in [2.45, 2.75) is 6.54 Å². The molecule has 0 amide bonds. The lowest BCUT2D eigenvalue weighted by Gasteiger charge is -2.04. The zero-order chi connectivity index (χ0) is 13.4. The van der Waals surface area contributed by atoms with E-state index in [1.54, 1.807) is 22.9 Å². The molecule has 0 spiro atoms. The molecule has 1 aromatic carbocycles. The molecule has 1 aromatic heterocycles. The second-order valence-corrected chi connectivity index (χ2v) is 3.85. The molecule has 2 aromatic rings. The van der Waals surface area contributed by atoms with E-state index in [-0.39, 0.29) is 13.2 Å². The zero-order valence-corrected chi connectivity index (χ0v) is 10.3. The maximum Gasteiger partial charge on any atom is 0.482 e. The van der Waals surface area contributed by atoms with Gasteiger partial charge < -0.3 is 14.6 Å². The molecular weight excluding hydrogens is 252 g/mol. The Kier molecular flexibility index (Phi) is 6.21. The Bertz CT molecular complexity index is 545. The monoisotopic (exact) mass is 264 g/mol. The molecule has 0 unspecified atom stereocenters. The first-order chi connectivity index (χ1) is 8.67. The summed E-state index contributed by atoms with van der Waals surface area (Å²) in [6.45, 7) is 0.556. The van der Waals surface area contributed by atoms with Crippen molar-refractivity contribution < 1.29 is 10.0 Å². The quantitative estimate of drug-likeness (QED) is 0.797. The topological polar surface area (TPSA) is 62.5 Å². The van der Waals surface area contributed by atoms with Crippen molar-refractivity contribution in [3.05, 3.63) is 69.6 Å². The molecule has 93 valence electrons. The molecule has 0 bridgehead atoms. The molecule has 0 aliphatic carbocycles. The van der Waals surface area contributed by atoms with Crippen LogP contribution in [0.2, 0.25) is 5.02 Å². The van der Waals surface area contributed by atoms with Gasteiger partial charge in [0, 0.05) is 17.3 Å². The molecule has 1 radical (unpaired) electrons. The molecule has 2 rings (SSSR count). The number of aromatic nitrogens is 1. The van der Waals surface area contributed by atoms with Gasteiger partial charge in [-0.3, -0.25) is 4.79 Å². The van der Waals surface area contributed by atoms with Gasteiger partial charge in [-0.15, -0.1) is 0 Å². The van der Waals surface area contributed by atoms with Crippen molar-refractivity contribution in [2.75, 3.05) is 0 Å². The summed E-state index contributed by atoms with van der Waals surface area (Å²) in [7, 11) is 0. The van der Waals surface area contributed by atoms with E-state index in [4.69, 9.17) is 21.6 Å². The van der Waals surface area contributed by atoms with Gasteiger partial charge in [-0.25, -0.2) is 0 Å². The lowest BCUT2D eigenvalue weighted by Crippen LogP contribution is -2.18. The van der Waals surface area contributed by atoms with Crippen LogP contribution in [0, 0.1) is 0 Å². The fourth-order valence-electron chi connectivity index (χ4n) is 1.42. The third-order valence-corrected chi connectivity index (χ3v) is 2.38. The smallest absolute Gasteiger partial charge is 0.429 e. The van der Waals surface area contributed by atoms with Gasteiger partial charge in [0.05, 0.1) is 6.54 Å². The van der Waals surface area contributed by atoms with Gasteiger partial charge in [0.1, 0.15) is 0 Å². The van der Waals surface area contributed by atoms with Crippen LogP contribution in [0.1, 0.15) is 5.56 Å². The third kappa shape index (κ3) is 4.75. The number of hydrogen-bond acceptors (Lipinski definition) is 3. The SMILES string of the molecule is O=c1ccccn1Cc1cccc(Cl)c1.O[B]O. The molecule has 2 N–H and O–H groups in total. The fourth-order valence-corrected chi connectivity index (χ4v) is 1.64. The van der Waals surface area contributed by atoms with Crippen molar-refractivity contribution in [3.8, 4) is 0 Å². The van der Waals surface area contributed by atoms with Gasteiger partial charge in [0.15, 0.2) is 0 Å². The minimum Gasteiger partial charge on any atom is -0.429 e. The number of nitrogens with zero attached hydrogens (tertiary/aromatic N) is 1. The highest BCUT2D eigenvalue weighted by molar-refractivity contribution is 6.30. The third-order valence-electron chi connectivity index (χ3n) is 2.14. The molecule has 0 fully saturated rings. The normalized spacial score (nSPS) is 9.28. The van der Waals surface area contributed by atoms with E-state index in [2.05, 4.69) is 0 Å². The standard InChI is InChI=1S/C12H10ClNO.BH2O2/c13-11-5-3-4-10(8-11)9-14-7-2-1-6-12(14)15;2-1-3/h1-8H,9H2;2-3H. The molecule has 4 nitrogen and oxygen atoms in total. The predicted molar refractivity (Wildman–Crippen MR) is 71.4 cm³/mol. The van der Waals surface area contributed by atoms with Crippen molar-refractivity contribution in [1.82, 2.24) is 4.57 Å². The minimum atomic E-state index is -0.00234. The molecule has 0 aliphatic rings. The van der Waals surface area contributed by atoms with E-state index in [1.165, 1.54) is 0 Å². The second-order valence-electron chi connectivity index (χ2n) is 3.41. The van der Waals surface area contributed by atoms with Crippen LogP contribution in [-0.2, 0) is 6.54 Å². The largest absolute Gasteiger partial charge is 0.482 e. The lowest BCUT2D eigenvalue weighted by molar-refractivity contribution is 0.448. The van der Waals surface area contributed by atoms with E-state index in [1.807, 2.05) is 30.3 Å². The molecule has 18 heavy (non-hydrogen) atoms. The van der Waals surface area contributed by atoms with Crippen LogP contribution in [0.4, 0.5) is 0 Å². The van der Waals surface area contributed by atoms with E-state index >= 15 is 0 Å². The van der Waals surface area contributed by atoms with E-state index in [9.17, 15) is 4.79 Å². The number of benzene rings is 1. The van der Waals surface area contributed by atoms with Crippen LogP contribution in [0.25, 0.3) is 0 Å². The second kappa shape index (κ2) is 7.71. The van der Waals surface area contributed by atoms with Crippen LogP contribution < -0.4 is 5.56 Å². The zero-order valence-electron chi connectivity index (χ0n) is 9.53. The van der Waals surface area contributed by atoms with Gasteiger partial charge in [-0.2, -0.15) is 0 Å². The molecule has 0 atom stereocenters. The number of pyridine rings is 1. The summed E-state index contributed by atoms with van der Waals surface area (Å²) in [6, 6.07) is 12.6. The van der Waals surface area contributed by atoms with Crippen molar-refractivity contribution in [2.24, 2.45) is 0 Å². The maximum atomic E-state index is 11.4. The summed E-state index contributed by atoms with van der Waals surface area (Å²) in [6.07, 6.45) is 1.77. The molecule has 6 heteroatoms. The Morgan fingerprint density at radius 2 is 1.89 bits per heavy atom. The Morgan fingerprint density at radius 3 is 2.50 bits per heavy atom. The number of rotatable bonds is 2. The first kappa shape index (κ1) is 14.5. The minimum absolute atomic E-state index is 0. The Labute approximate surface area is 110 Å². The van der Waals surface area contributed by atoms with Crippen LogP contribution in [0.3, 0.4) is 0 Å². The summed E-state index contributed by atoms with van der Waals surface area (Å²) in [4.78, 5) is 11.4. The van der Waals surface area contributed by atoms with Crippen LogP contribution in [0.5, 0.6) is 0 Å². The Morgan fingerprint density at radius 1 is 1.17 bits per heavy atom. The lowest BCUT2D eigenvalue weighted by atomic mass is 10.2. The van der Waals surface area contributed by atoms with Gasteiger partial charge in [-0.1, -0.05) is 29.8 Å². The van der Waals surface area contributed by atoms with Gasteiger partial charge in [-0.05, 0) is 23.8 Å². The molecule has 1 heterocycles. The molecule has 0 saturated heterocycles. The van der Waals surface area contributed by atoms with Crippen LogP contribution in [-0.4, -0.2) is 22.3 Å². The van der Waals surface area contributed by atoms with E-state index < -0.39 is 0 Å². The summed E-state index contributed by atoms with van der Waals surface area (Å²) in [5, 5.41) is 14.7. The van der Waals surface area contributed by atoms with E-state index in [0.29, 0.717) is 11.6 Å². The summed E-state index contributed by atoms with van der Waals surface area (Å²) < 4.78 is 1.64. The highest BCUT2D eigenvalue weighted by Gasteiger charge is 1.97. The maximum absolute atomic E-state index is 11.4. The van der Waals surface area contributed by atoms with Crippen molar-refractivity contribution in [1.29, 1.82) is 0 Å². The van der Waals surface area contributed by atoms with Gasteiger partial charge in [0.2, 0.25) is 0 Å². The molecule has 0 saturated carbocycles. The van der Waals surface area contributed by atoms with Crippen molar-refractivity contribution >= 4 is 19.3 Å². The molecule has 0 aliphatic heterocycles. The summed E-state index contributed by atoms with van der Waals surface area (Å²) in [5.41, 5.74) is 1.02. The van der Waals surface area contributed by atoms with Crippen LogP contribution >= 0.6 is 11.6 Å². The number of hydrogen-bond donors (Lipinski definition) is 2. The summed E-state index contributed by atoms with van der Waals surface area (Å²) >= 11 is 5.86. The predicted octanol–water partition coefficient (Wildman–Crippen LogP) is 1.06. The highest BCUT2D eigenvalue weighted by atomic mass is 35.5. The average Bonchev–Trinajstić information content (AvgIpc) is 2.33. The average molecular weight is 264 g/mol. The van der Waals surface area contributed by atoms with Gasteiger partial charge >= 0.3 is 7.69 Å². The molecular formula is C12H12BClNO3. The van der Waals surface area contributed by atoms with E-state index in [0.717, 1.165) is 5.56 Å².